The van der Waals surface area contributed by atoms with Crippen LogP contribution < -0.4 is 10.6 Å². The van der Waals surface area contributed by atoms with Crippen LogP contribution in [-0.4, -0.2) is 40.7 Å². The van der Waals surface area contributed by atoms with Crippen LogP contribution >= 0.6 is 0 Å². The lowest BCUT2D eigenvalue weighted by atomic mass is 9.96. The maximum atomic E-state index is 13.3. The van der Waals surface area contributed by atoms with Gasteiger partial charge in [0, 0.05) is 34.8 Å². The fraction of sp³-hybridized carbons (Fsp3) is 0.413. The summed E-state index contributed by atoms with van der Waals surface area (Å²) in [7, 11) is 0. The van der Waals surface area contributed by atoms with Crippen LogP contribution in [0.4, 0.5) is 21.5 Å². The Bertz CT molecular complexity index is 1720. The van der Waals surface area contributed by atoms with E-state index in [-0.39, 0.29) is 22.7 Å². The van der Waals surface area contributed by atoms with Crippen molar-refractivity contribution in [3.63, 3.8) is 0 Å². The molecule has 6 nitrogen and oxygen atoms in total. The van der Waals surface area contributed by atoms with Crippen molar-refractivity contribution in [2.45, 2.75) is 101 Å². The van der Waals surface area contributed by atoms with Crippen LogP contribution in [0.3, 0.4) is 0 Å². The smallest absolute Gasteiger partial charge is 0.255 e. The van der Waals surface area contributed by atoms with E-state index >= 15 is 0 Å². The number of aryl methyl sites for hydroxylation is 1. The topological polar surface area (TPSA) is 84.8 Å². The zero-order chi connectivity index (χ0) is 39.5. The molecule has 4 N–H and O–H groups in total. The van der Waals surface area contributed by atoms with Crippen LogP contribution in [0.1, 0.15) is 116 Å². The Labute approximate surface area is 319 Å². The quantitative estimate of drug-likeness (QED) is 0.0980. The number of unbranched alkanes of at least 4 members (excludes halogenated alkanes) is 1. The van der Waals surface area contributed by atoms with Crippen molar-refractivity contribution >= 4 is 28.5 Å². The lowest BCUT2D eigenvalue weighted by Gasteiger charge is -2.22. The molecule has 0 saturated carbocycles. The van der Waals surface area contributed by atoms with Gasteiger partial charge in [0.1, 0.15) is 17.3 Å². The third-order valence-corrected chi connectivity index (χ3v) is 9.10. The number of phenolic OH excluding ortho intramolecular Hbond substituents is 2. The van der Waals surface area contributed by atoms with Crippen LogP contribution in [0.15, 0.2) is 84.4 Å². The fourth-order valence-electron chi connectivity index (χ4n) is 5.78. The highest BCUT2D eigenvalue weighted by molar-refractivity contribution is 6.05. The van der Waals surface area contributed by atoms with Gasteiger partial charge in [-0.1, -0.05) is 84.7 Å². The number of carbonyl (C=O) groups is 1. The van der Waals surface area contributed by atoms with Crippen molar-refractivity contribution < 1.29 is 19.4 Å². The average molecular weight is 726 g/mol. The van der Waals surface area contributed by atoms with E-state index in [1.54, 1.807) is 18.2 Å². The van der Waals surface area contributed by atoms with Crippen molar-refractivity contribution in [2.24, 2.45) is 5.92 Å². The second-order valence-electron chi connectivity index (χ2n) is 13.7. The Morgan fingerprint density at radius 2 is 1.43 bits per heavy atom. The molecule has 0 aliphatic carbocycles. The maximum absolute atomic E-state index is 13.3. The molecule has 4 aromatic carbocycles. The Balaban J connectivity index is 0.000000550. The first-order valence-electron chi connectivity index (χ1n) is 19.4. The molecule has 1 amide bonds. The minimum absolute atomic E-state index is 0.158. The molecule has 0 fully saturated rings. The fourth-order valence-corrected chi connectivity index (χ4v) is 5.78. The van der Waals surface area contributed by atoms with Gasteiger partial charge in [-0.3, -0.25) is 4.79 Å². The number of rotatable bonds is 15. The van der Waals surface area contributed by atoms with E-state index in [0.29, 0.717) is 11.1 Å². The van der Waals surface area contributed by atoms with Gasteiger partial charge in [0.15, 0.2) is 0 Å². The Kier molecular flexibility index (Phi) is 19.4. The molecule has 0 aliphatic heterocycles. The van der Waals surface area contributed by atoms with Gasteiger partial charge in [0.2, 0.25) is 0 Å². The van der Waals surface area contributed by atoms with Crippen LogP contribution in [0.2, 0.25) is 0 Å². The van der Waals surface area contributed by atoms with Crippen LogP contribution in [0.25, 0.3) is 16.7 Å². The van der Waals surface area contributed by atoms with Crippen LogP contribution in [0, 0.1) is 18.7 Å². The molecule has 0 aromatic heterocycles. The number of carbonyl (C=O) groups excluding carboxylic acids is 1. The number of hydrogen-bond acceptors (Lipinski definition) is 5. The largest absolute Gasteiger partial charge is 0.507 e. The lowest BCUT2D eigenvalue weighted by Crippen LogP contribution is -2.27. The van der Waals surface area contributed by atoms with Gasteiger partial charge < -0.3 is 25.7 Å². The number of aromatic hydroxyl groups is 2. The van der Waals surface area contributed by atoms with Gasteiger partial charge in [0.05, 0.1) is 5.56 Å². The van der Waals surface area contributed by atoms with E-state index in [9.17, 15) is 19.4 Å². The first-order valence-corrected chi connectivity index (χ1v) is 19.4. The molecule has 288 valence electrons. The van der Waals surface area contributed by atoms with Gasteiger partial charge >= 0.3 is 0 Å². The number of nitrogens with zero attached hydrogens (tertiary/aromatic N) is 1. The van der Waals surface area contributed by atoms with E-state index in [4.69, 9.17) is 0 Å². The Hall–Kier alpha value is -4.62. The summed E-state index contributed by atoms with van der Waals surface area (Å²) in [5.41, 5.74) is 7.89. The highest BCUT2D eigenvalue weighted by Crippen LogP contribution is 2.40. The van der Waals surface area contributed by atoms with Crippen LogP contribution in [-0.2, 0) is 0 Å². The summed E-state index contributed by atoms with van der Waals surface area (Å²) in [4.78, 5) is 15.6. The minimum Gasteiger partial charge on any atom is -0.507 e. The molecule has 0 bridgehead atoms. The lowest BCUT2D eigenvalue weighted by molar-refractivity contribution is 0.102. The summed E-state index contributed by atoms with van der Waals surface area (Å²) < 4.78 is 13.3. The van der Waals surface area contributed by atoms with E-state index < -0.39 is 11.7 Å². The highest BCUT2D eigenvalue weighted by Gasteiger charge is 2.15. The van der Waals surface area contributed by atoms with Gasteiger partial charge in [0.25, 0.3) is 5.91 Å². The standard InChI is InChI=1S/C32H31FN2O3.C12H27N.C2H6/c1-5-19(2)21(4)28-16-26(14-9-20(28)3)34-25-8-6-7-23(15-25)32(38)35-27-17-29(36)31(30(37)18-27)22-10-12-24(33)13-11-22;1-5-7-10-13(9-6-2)11-8-12(3)4;1-2/h6-18,34,36-37H,5H2,1-4H3,(H,35,38);12H,5-11H2,1-4H3;1-2H3/b21-19-;;. The molecule has 0 unspecified atom stereocenters. The van der Waals surface area contributed by atoms with Crippen molar-refractivity contribution in [1.82, 2.24) is 4.90 Å². The third kappa shape index (κ3) is 14.4. The van der Waals surface area contributed by atoms with Gasteiger partial charge in [-0.15, -0.1) is 0 Å². The summed E-state index contributed by atoms with van der Waals surface area (Å²) in [6.45, 7) is 25.6. The third-order valence-electron chi connectivity index (χ3n) is 9.10. The Morgan fingerprint density at radius 1 is 0.792 bits per heavy atom. The summed E-state index contributed by atoms with van der Waals surface area (Å²) in [6, 6.07) is 21.4. The van der Waals surface area contributed by atoms with Crippen LogP contribution in [0.5, 0.6) is 11.5 Å². The number of hydrogen-bond donors (Lipinski definition) is 4. The van der Waals surface area contributed by atoms with E-state index in [1.807, 2.05) is 26.0 Å². The number of phenols is 2. The average Bonchev–Trinajstić information content (AvgIpc) is 3.14. The maximum Gasteiger partial charge on any atom is 0.255 e. The number of amides is 1. The molecular weight excluding hydrogens is 662 g/mol. The van der Waals surface area contributed by atoms with Crippen molar-refractivity contribution in [3.05, 3.63) is 107 Å². The van der Waals surface area contributed by atoms with Crippen molar-refractivity contribution in [2.75, 3.05) is 30.3 Å². The second kappa shape index (κ2) is 23.1. The van der Waals surface area contributed by atoms with E-state index in [1.165, 1.54) is 104 Å². The summed E-state index contributed by atoms with van der Waals surface area (Å²) >= 11 is 0. The number of anilines is 3. The first-order chi connectivity index (χ1) is 25.4. The van der Waals surface area contributed by atoms with Gasteiger partial charge in [-0.2, -0.15) is 0 Å². The first kappa shape index (κ1) is 44.5. The van der Waals surface area contributed by atoms with E-state index in [0.717, 1.165) is 23.7 Å². The summed E-state index contributed by atoms with van der Waals surface area (Å²) in [5, 5.41) is 27.1. The van der Waals surface area contributed by atoms with E-state index in [2.05, 4.69) is 83.1 Å². The zero-order valence-electron chi connectivity index (χ0n) is 33.9. The molecule has 0 radical (unpaired) electrons. The number of benzene rings is 4. The molecule has 53 heavy (non-hydrogen) atoms. The molecule has 0 heterocycles. The van der Waals surface area contributed by atoms with Crippen molar-refractivity contribution in [3.8, 4) is 22.6 Å². The highest BCUT2D eigenvalue weighted by atomic mass is 19.1. The normalized spacial score (nSPS) is 11.3. The molecule has 0 spiro atoms. The van der Waals surface area contributed by atoms with Gasteiger partial charge in [-0.05, 0) is 137 Å². The molecule has 7 heteroatoms. The predicted octanol–water partition coefficient (Wildman–Crippen LogP) is 13.0. The summed E-state index contributed by atoms with van der Waals surface area (Å²) in [5.74, 6) is -0.445. The number of halogens is 1. The molecule has 4 aromatic rings. The molecule has 4 rings (SSSR count). The molecular formula is C46H64FN3O3. The molecule has 0 aliphatic rings. The zero-order valence-corrected chi connectivity index (χ0v) is 33.9. The minimum atomic E-state index is -0.422. The van der Waals surface area contributed by atoms with Gasteiger partial charge in [-0.25, -0.2) is 4.39 Å². The Morgan fingerprint density at radius 3 is 2.02 bits per heavy atom. The SMILES string of the molecule is CC.CC/C(C)=C(/C)c1cc(Nc2cccc(C(=O)Nc3cc(O)c(-c4ccc(F)cc4)c(O)c3)c2)ccc1C.CCCCN(CCC)CCC(C)C. The second-order valence-corrected chi connectivity index (χ2v) is 13.7. The predicted molar refractivity (Wildman–Crippen MR) is 225 cm³/mol. The summed E-state index contributed by atoms with van der Waals surface area (Å²) in [6.07, 6.45) is 6.32. The number of allylic oxidation sites excluding steroid dienone is 2. The molecule has 0 atom stereocenters. The van der Waals surface area contributed by atoms with Crippen molar-refractivity contribution in [1.29, 1.82) is 0 Å². The molecule has 0 saturated heterocycles. The number of nitrogens with one attached hydrogen (secondary N) is 2. The monoisotopic (exact) mass is 725 g/mol.